The lowest BCUT2D eigenvalue weighted by Crippen LogP contribution is -2.61. The second kappa shape index (κ2) is 3.75. The van der Waals surface area contributed by atoms with Gasteiger partial charge in [-0.15, -0.1) is 0 Å². The molecule has 0 radical (unpaired) electrons. The van der Waals surface area contributed by atoms with Crippen LogP contribution in [0.2, 0.25) is 0 Å². The molecule has 15 heavy (non-hydrogen) atoms. The lowest BCUT2D eigenvalue weighted by molar-refractivity contribution is -0.0668. The fourth-order valence-corrected chi connectivity index (χ4v) is 2.05. The Labute approximate surface area is 102 Å². The van der Waals surface area contributed by atoms with Crippen molar-refractivity contribution in [3.63, 3.8) is 0 Å². The van der Waals surface area contributed by atoms with Gasteiger partial charge in [-0.3, -0.25) is 4.79 Å². The fourth-order valence-electron chi connectivity index (χ4n) is 1.69. The highest BCUT2D eigenvalue weighted by molar-refractivity contribution is 14.1. The van der Waals surface area contributed by atoms with E-state index in [1.165, 1.54) is 0 Å². The van der Waals surface area contributed by atoms with Crippen molar-refractivity contribution in [3.05, 3.63) is 33.4 Å². The minimum absolute atomic E-state index is 0.00192. The first-order valence-corrected chi connectivity index (χ1v) is 5.83. The quantitative estimate of drug-likeness (QED) is 0.798. The number of amides is 1. The fraction of sp³-hybridized carbons (Fsp3) is 0.364. The SMILES string of the molecule is CC1(O)CN(C(=O)c2ccc(I)cc2)C1. The molecule has 1 aromatic rings. The number of benzene rings is 1. The van der Waals surface area contributed by atoms with Crippen LogP contribution < -0.4 is 0 Å². The van der Waals surface area contributed by atoms with E-state index in [1.54, 1.807) is 11.8 Å². The van der Waals surface area contributed by atoms with Gasteiger partial charge in [-0.25, -0.2) is 0 Å². The van der Waals surface area contributed by atoms with E-state index in [4.69, 9.17) is 0 Å². The zero-order chi connectivity index (χ0) is 11.1. The van der Waals surface area contributed by atoms with Crippen LogP contribution in [-0.4, -0.2) is 34.6 Å². The number of halogens is 1. The molecule has 1 amide bonds. The Hall–Kier alpha value is -0.620. The maximum Gasteiger partial charge on any atom is 0.254 e. The number of rotatable bonds is 1. The number of hydrogen-bond acceptors (Lipinski definition) is 2. The second-order valence-corrected chi connectivity index (χ2v) is 5.41. The normalized spacial score (nSPS) is 18.5. The molecule has 0 bridgehead atoms. The zero-order valence-electron chi connectivity index (χ0n) is 8.40. The highest BCUT2D eigenvalue weighted by atomic mass is 127. The van der Waals surface area contributed by atoms with Gasteiger partial charge in [0.1, 0.15) is 0 Å². The van der Waals surface area contributed by atoms with Gasteiger partial charge < -0.3 is 10.0 Å². The van der Waals surface area contributed by atoms with Crippen LogP contribution in [-0.2, 0) is 0 Å². The summed E-state index contributed by atoms with van der Waals surface area (Å²) in [6.45, 7) is 2.60. The highest BCUT2D eigenvalue weighted by Crippen LogP contribution is 2.22. The maximum atomic E-state index is 11.8. The molecule has 80 valence electrons. The van der Waals surface area contributed by atoms with Crippen LogP contribution in [0.15, 0.2) is 24.3 Å². The number of nitrogens with zero attached hydrogens (tertiary/aromatic N) is 1. The summed E-state index contributed by atoms with van der Waals surface area (Å²) in [5.74, 6) is -0.00192. The molecule has 0 unspecified atom stereocenters. The summed E-state index contributed by atoms with van der Waals surface area (Å²) in [4.78, 5) is 13.5. The van der Waals surface area contributed by atoms with Crippen molar-refractivity contribution in [2.45, 2.75) is 12.5 Å². The van der Waals surface area contributed by atoms with Crippen molar-refractivity contribution < 1.29 is 9.90 Å². The Morgan fingerprint density at radius 2 is 1.93 bits per heavy atom. The monoisotopic (exact) mass is 317 g/mol. The number of likely N-dealkylation sites (tertiary alicyclic amines) is 1. The maximum absolute atomic E-state index is 11.8. The summed E-state index contributed by atoms with van der Waals surface area (Å²) < 4.78 is 1.11. The van der Waals surface area contributed by atoms with Crippen LogP contribution in [0.25, 0.3) is 0 Å². The van der Waals surface area contributed by atoms with Gasteiger partial charge in [0.25, 0.3) is 5.91 Å². The largest absolute Gasteiger partial charge is 0.386 e. The standard InChI is InChI=1S/C11H12INO2/c1-11(15)6-13(7-11)10(14)8-2-4-9(12)5-3-8/h2-5,15H,6-7H2,1H3. The van der Waals surface area contributed by atoms with Crippen molar-refractivity contribution >= 4 is 28.5 Å². The highest BCUT2D eigenvalue weighted by Gasteiger charge is 2.39. The Morgan fingerprint density at radius 1 is 1.40 bits per heavy atom. The Balaban J connectivity index is 2.07. The third-order valence-corrected chi connectivity index (χ3v) is 3.16. The molecule has 0 saturated carbocycles. The third-order valence-electron chi connectivity index (χ3n) is 2.44. The number of β-amino-alcohol motifs (C(OH)–C–C–N with tert-alkyl or cyclic N) is 1. The predicted octanol–water partition coefficient (Wildman–Crippen LogP) is 1.50. The minimum atomic E-state index is -0.696. The molecule has 1 aliphatic rings. The molecule has 0 atom stereocenters. The summed E-state index contributed by atoms with van der Waals surface area (Å²) in [6.07, 6.45) is 0. The van der Waals surface area contributed by atoms with Crippen molar-refractivity contribution in [1.29, 1.82) is 0 Å². The lowest BCUT2D eigenvalue weighted by Gasteiger charge is -2.44. The van der Waals surface area contributed by atoms with Gasteiger partial charge in [-0.2, -0.15) is 0 Å². The Bertz CT molecular complexity index is 378. The predicted molar refractivity (Wildman–Crippen MR) is 65.7 cm³/mol. The molecular weight excluding hydrogens is 305 g/mol. The molecule has 1 heterocycles. The number of carbonyl (C=O) groups excluding carboxylic acids is 1. The molecule has 1 saturated heterocycles. The van der Waals surface area contributed by atoms with Crippen molar-refractivity contribution in [1.82, 2.24) is 4.90 Å². The summed E-state index contributed by atoms with van der Waals surface area (Å²) in [7, 11) is 0. The molecule has 1 N–H and O–H groups in total. The van der Waals surface area contributed by atoms with Gasteiger partial charge in [0.2, 0.25) is 0 Å². The van der Waals surface area contributed by atoms with E-state index in [9.17, 15) is 9.90 Å². The topological polar surface area (TPSA) is 40.5 Å². The van der Waals surface area contributed by atoms with Crippen molar-refractivity contribution in [2.75, 3.05) is 13.1 Å². The van der Waals surface area contributed by atoms with E-state index in [1.807, 2.05) is 24.3 Å². The number of hydrogen-bond donors (Lipinski definition) is 1. The van der Waals surface area contributed by atoms with E-state index >= 15 is 0 Å². The van der Waals surface area contributed by atoms with Gasteiger partial charge in [-0.05, 0) is 53.8 Å². The summed E-state index contributed by atoms with van der Waals surface area (Å²) in [6, 6.07) is 7.45. The first-order valence-electron chi connectivity index (χ1n) is 4.75. The molecule has 3 nitrogen and oxygen atoms in total. The summed E-state index contributed by atoms with van der Waals surface area (Å²) in [5.41, 5.74) is -0.00954. The second-order valence-electron chi connectivity index (χ2n) is 4.17. The Morgan fingerprint density at radius 3 is 2.40 bits per heavy atom. The number of aliphatic hydroxyl groups is 1. The van der Waals surface area contributed by atoms with Crippen LogP contribution in [0.3, 0.4) is 0 Å². The van der Waals surface area contributed by atoms with E-state index in [0.29, 0.717) is 18.7 Å². The Kier molecular flexibility index (Phi) is 2.72. The van der Waals surface area contributed by atoms with Crippen LogP contribution >= 0.6 is 22.6 Å². The molecule has 2 rings (SSSR count). The van der Waals surface area contributed by atoms with Crippen LogP contribution in [0, 0.1) is 3.57 Å². The lowest BCUT2D eigenvalue weighted by atomic mass is 9.96. The first kappa shape index (κ1) is 10.9. The van der Waals surface area contributed by atoms with E-state index < -0.39 is 5.60 Å². The van der Waals surface area contributed by atoms with Crippen LogP contribution in [0.1, 0.15) is 17.3 Å². The van der Waals surface area contributed by atoms with Gasteiger partial charge in [0, 0.05) is 9.13 Å². The summed E-state index contributed by atoms with van der Waals surface area (Å²) >= 11 is 2.20. The zero-order valence-corrected chi connectivity index (χ0v) is 10.6. The van der Waals surface area contributed by atoms with Crippen molar-refractivity contribution in [3.8, 4) is 0 Å². The molecule has 0 aromatic heterocycles. The van der Waals surface area contributed by atoms with E-state index in [-0.39, 0.29) is 5.91 Å². The smallest absolute Gasteiger partial charge is 0.254 e. The number of carbonyl (C=O) groups is 1. The van der Waals surface area contributed by atoms with Crippen LogP contribution in [0.4, 0.5) is 0 Å². The molecular formula is C11H12INO2. The van der Waals surface area contributed by atoms with Crippen LogP contribution in [0.5, 0.6) is 0 Å². The van der Waals surface area contributed by atoms with Gasteiger partial charge >= 0.3 is 0 Å². The molecule has 0 spiro atoms. The molecule has 4 heteroatoms. The first-order chi connectivity index (χ1) is 6.98. The average molecular weight is 317 g/mol. The van der Waals surface area contributed by atoms with E-state index in [2.05, 4.69) is 22.6 Å². The summed E-state index contributed by atoms with van der Waals surface area (Å²) in [5, 5.41) is 9.53. The van der Waals surface area contributed by atoms with Gasteiger partial charge in [-0.1, -0.05) is 0 Å². The van der Waals surface area contributed by atoms with Crippen molar-refractivity contribution in [2.24, 2.45) is 0 Å². The molecule has 0 aliphatic carbocycles. The minimum Gasteiger partial charge on any atom is -0.386 e. The third kappa shape index (κ3) is 2.31. The molecule has 1 fully saturated rings. The molecule has 1 aromatic carbocycles. The van der Waals surface area contributed by atoms with Gasteiger partial charge in [0.05, 0.1) is 18.7 Å². The van der Waals surface area contributed by atoms with Gasteiger partial charge in [0.15, 0.2) is 0 Å². The average Bonchev–Trinajstić information content (AvgIpc) is 2.14. The molecule has 1 aliphatic heterocycles. The van der Waals surface area contributed by atoms with E-state index in [0.717, 1.165) is 3.57 Å².